The molecule has 0 aliphatic heterocycles. The number of anilines is 2. The first-order valence-electron chi connectivity index (χ1n) is 7.53. The van der Waals surface area contributed by atoms with Crippen LogP contribution in [0.4, 0.5) is 11.4 Å². The Morgan fingerprint density at radius 1 is 1.00 bits per heavy atom. The predicted molar refractivity (Wildman–Crippen MR) is 97.8 cm³/mol. The fraction of sp³-hybridized carbons (Fsp3) is 0.167. The average molecular weight is 360 g/mol. The molecule has 130 valence electrons. The molecule has 0 saturated heterocycles. The second-order valence-corrected chi connectivity index (χ2v) is 5.91. The van der Waals surface area contributed by atoms with Crippen LogP contribution in [0.1, 0.15) is 17.3 Å². The molecule has 0 saturated carbocycles. The van der Waals surface area contributed by atoms with Gasteiger partial charge in [-0.3, -0.25) is 14.4 Å². The fourth-order valence-electron chi connectivity index (χ4n) is 2.17. The summed E-state index contributed by atoms with van der Waals surface area (Å²) in [5.41, 5.74) is 1.51. The van der Waals surface area contributed by atoms with Gasteiger partial charge in [-0.25, -0.2) is 0 Å². The molecule has 0 aliphatic carbocycles. The van der Waals surface area contributed by atoms with Crippen LogP contribution in [0.15, 0.2) is 48.5 Å². The highest BCUT2D eigenvalue weighted by molar-refractivity contribution is 6.30. The smallest absolute Gasteiger partial charge is 0.254 e. The van der Waals surface area contributed by atoms with Crippen molar-refractivity contribution in [1.82, 2.24) is 4.90 Å². The van der Waals surface area contributed by atoms with Crippen LogP contribution in [0, 0.1) is 0 Å². The van der Waals surface area contributed by atoms with E-state index >= 15 is 0 Å². The first-order valence-corrected chi connectivity index (χ1v) is 7.91. The molecule has 6 nitrogen and oxygen atoms in total. The van der Waals surface area contributed by atoms with Crippen molar-refractivity contribution in [3.8, 4) is 0 Å². The zero-order valence-corrected chi connectivity index (χ0v) is 14.6. The number of likely N-dealkylation sites (N-methyl/N-ethyl adjacent to an activating group) is 1. The van der Waals surface area contributed by atoms with Crippen LogP contribution in [-0.2, 0) is 9.59 Å². The van der Waals surface area contributed by atoms with E-state index in [2.05, 4.69) is 10.6 Å². The van der Waals surface area contributed by atoms with E-state index in [0.29, 0.717) is 22.0 Å². The van der Waals surface area contributed by atoms with Crippen LogP contribution in [0.5, 0.6) is 0 Å². The topological polar surface area (TPSA) is 78.5 Å². The summed E-state index contributed by atoms with van der Waals surface area (Å²) in [6, 6.07) is 13.2. The van der Waals surface area contributed by atoms with Crippen LogP contribution in [0.2, 0.25) is 5.02 Å². The monoisotopic (exact) mass is 359 g/mol. The van der Waals surface area contributed by atoms with Gasteiger partial charge in [-0.15, -0.1) is 0 Å². The van der Waals surface area contributed by atoms with E-state index in [4.69, 9.17) is 11.6 Å². The van der Waals surface area contributed by atoms with Gasteiger partial charge in [-0.1, -0.05) is 17.7 Å². The van der Waals surface area contributed by atoms with Gasteiger partial charge in [0.1, 0.15) is 0 Å². The van der Waals surface area contributed by atoms with Gasteiger partial charge in [-0.2, -0.15) is 0 Å². The van der Waals surface area contributed by atoms with E-state index in [9.17, 15) is 14.4 Å². The summed E-state index contributed by atoms with van der Waals surface area (Å²) in [5, 5.41) is 5.89. The molecular formula is C18H18ClN3O3. The number of halogens is 1. The van der Waals surface area contributed by atoms with Gasteiger partial charge in [-0.05, 0) is 42.5 Å². The molecule has 0 bridgehead atoms. The van der Waals surface area contributed by atoms with E-state index in [1.165, 1.54) is 18.9 Å². The van der Waals surface area contributed by atoms with Gasteiger partial charge in [0.05, 0.1) is 6.54 Å². The number of benzene rings is 2. The fourth-order valence-corrected chi connectivity index (χ4v) is 2.30. The van der Waals surface area contributed by atoms with Crippen LogP contribution >= 0.6 is 11.6 Å². The number of carbonyl (C=O) groups excluding carboxylic acids is 3. The summed E-state index contributed by atoms with van der Waals surface area (Å²) < 4.78 is 0. The molecule has 0 atom stereocenters. The van der Waals surface area contributed by atoms with Gasteiger partial charge in [0.2, 0.25) is 11.8 Å². The number of nitrogens with zero attached hydrogens (tertiary/aromatic N) is 1. The minimum atomic E-state index is -0.323. The Hall–Kier alpha value is -2.86. The third-order valence-electron chi connectivity index (χ3n) is 3.29. The Balaban J connectivity index is 1.98. The van der Waals surface area contributed by atoms with E-state index in [0.717, 1.165) is 0 Å². The zero-order chi connectivity index (χ0) is 18.4. The van der Waals surface area contributed by atoms with Crippen molar-refractivity contribution in [3.63, 3.8) is 0 Å². The van der Waals surface area contributed by atoms with Crippen LogP contribution < -0.4 is 10.6 Å². The SMILES string of the molecule is CC(=O)Nc1cccc(C(=O)N(C)CC(=O)Nc2ccc(Cl)cc2)c1. The number of carbonyl (C=O) groups is 3. The van der Waals surface area contributed by atoms with Gasteiger partial charge in [0.15, 0.2) is 0 Å². The third-order valence-corrected chi connectivity index (χ3v) is 3.54. The molecule has 0 heterocycles. The minimum Gasteiger partial charge on any atom is -0.332 e. The maximum Gasteiger partial charge on any atom is 0.254 e. The van der Waals surface area contributed by atoms with Crippen molar-refractivity contribution >= 4 is 40.7 Å². The largest absolute Gasteiger partial charge is 0.332 e. The van der Waals surface area contributed by atoms with Crippen molar-refractivity contribution in [1.29, 1.82) is 0 Å². The Bertz CT molecular complexity index is 790. The normalized spacial score (nSPS) is 10.0. The molecule has 2 aromatic carbocycles. The highest BCUT2D eigenvalue weighted by Gasteiger charge is 2.15. The van der Waals surface area contributed by atoms with Gasteiger partial charge in [0, 0.05) is 35.9 Å². The molecule has 2 aromatic rings. The molecule has 0 aliphatic rings. The third kappa shape index (κ3) is 5.61. The standard InChI is InChI=1S/C18H18ClN3O3/c1-12(23)20-16-5-3-4-13(10-16)18(25)22(2)11-17(24)21-15-8-6-14(19)7-9-15/h3-10H,11H2,1-2H3,(H,20,23)(H,21,24). The van der Waals surface area contributed by atoms with Crippen molar-refractivity contribution in [2.24, 2.45) is 0 Å². The number of amides is 3. The lowest BCUT2D eigenvalue weighted by atomic mass is 10.1. The Labute approximate surface area is 150 Å². The van der Waals surface area contributed by atoms with E-state index < -0.39 is 0 Å². The molecule has 3 amide bonds. The van der Waals surface area contributed by atoms with Crippen LogP contribution in [-0.4, -0.2) is 36.2 Å². The molecule has 0 fully saturated rings. The number of nitrogens with one attached hydrogen (secondary N) is 2. The molecule has 0 spiro atoms. The average Bonchev–Trinajstić information content (AvgIpc) is 2.55. The summed E-state index contributed by atoms with van der Waals surface area (Å²) in [4.78, 5) is 36.9. The lowest BCUT2D eigenvalue weighted by molar-refractivity contribution is -0.116. The van der Waals surface area contributed by atoms with Gasteiger partial charge in [0.25, 0.3) is 5.91 Å². The molecular weight excluding hydrogens is 342 g/mol. The quantitative estimate of drug-likeness (QED) is 0.861. The van der Waals surface area contributed by atoms with Crippen LogP contribution in [0.25, 0.3) is 0 Å². The number of hydrogen-bond donors (Lipinski definition) is 2. The maximum atomic E-state index is 12.4. The minimum absolute atomic E-state index is 0.105. The number of hydrogen-bond acceptors (Lipinski definition) is 3. The summed E-state index contributed by atoms with van der Waals surface area (Å²) in [5.74, 6) is -0.866. The summed E-state index contributed by atoms with van der Waals surface area (Å²) in [6.45, 7) is 1.29. The molecule has 25 heavy (non-hydrogen) atoms. The Morgan fingerprint density at radius 2 is 1.68 bits per heavy atom. The van der Waals surface area contributed by atoms with Crippen molar-refractivity contribution in [2.45, 2.75) is 6.92 Å². The highest BCUT2D eigenvalue weighted by atomic mass is 35.5. The van der Waals surface area contributed by atoms with Crippen molar-refractivity contribution in [2.75, 3.05) is 24.2 Å². The molecule has 2 N–H and O–H groups in total. The van der Waals surface area contributed by atoms with Gasteiger partial charge >= 0.3 is 0 Å². The highest BCUT2D eigenvalue weighted by Crippen LogP contribution is 2.14. The lowest BCUT2D eigenvalue weighted by Gasteiger charge is -2.17. The van der Waals surface area contributed by atoms with Gasteiger partial charge < -0.3 is 15.5 Å². The molecule has 0 aromatic heterocycles. The van der Waals surface area contributed by atoms with E-state index in [1.807, 2.05) is 0 Å². The zero-order valence-electron chi connectivity index (χ0n) is 13.9. The molecule has 2 rings (SSSR count). The molecule has 0 unspecified atom stereocenters. The second kappa shape index (κ2) is 8.30. The van der Waals surface area contributed by atoms with Crippen molar-refractivity contribution < 1.29 is 14.4 Å². The summed E-state index contributed by atoms with van der Waals surface area (Å²) in [6.07, 6.45) is 0. The molecule has 0 radical (unpaired) electrons. The van der Waals surface area contributed by atoms with E-state index in [-0.39, 0.29) is 24.3 Å². The summed E-state index contributed by atoms with van der Waals surface area (Å²) >= 11 is 5.79. The second-order valence-electron chi connectivity index (χ2n) is 5.48. The van der Waals surface area contributed by atoms with Crippen molar-refractivity contribution in [3.05, 3.63) is 59.1 Å². The lowest BCUT2D eigenvalue weighted by Crippen LogP contribution is -2.34. The predicted octanol–water partition coefficient (Wildman–Crippen LogP) is 3.01. The number of rotatable bonds is 5. The molecule has 7 heteroatoms. The first-order chi connectivity index (χ1) is 11.8. The van der Waals surface area contributed by atoms with E-state index in [1.54, 1.807) is 48.5 Å². The van der Waals surface area contributed by atoms with Crippen LogP contribution in [0.3, 0.4) is 0 Å². The Morgan fingerprint density at radius 3 is 2.32 bits per heavy atom. The Kier molecular flexibility index (Phi) is 6.14. The summed E-state index contributed by atoms with van der Waals surface area (Å²) in [7, 11) is 1.54. The first kappa shape index (κ1) is 18.5. The maximum absolute atomic E-state index is 12.4.